The minimum absolute atomic E-state index is 0.0301. The van der Waals surface area contributed by atoms with Crippen LogP contribution in [-0.4, -0.2) is 85.8 Å². The Morgan fingerprint density at radius 2 is 1.21 bits per heavy atom. The number of nitrogens with one attached hydrogen (secondary N) is 2. The number of nitrogens with two attached hydrogens (primary N) is 1. The number of hydrogen-bond donors (Lipinski definition) is 3. The molecule has 4 N–H and O–H groups in total. The minimum atomic E-state index is -0.947. The fourth-order valence-electron chi connectivity index (χ4n) is 3.46. The summed E-state index contributed by atoms with van der Waals surface area (Å²) in [5.41, 5.74) is 5.32. The number of carbonyl (C=O) groups excluding carboxylic acids is 7. The van der Waals surface area contributed by atoms with E-state index in [1.54, 1.807) is 0 Å². The molecule has 0 heterocycles. The monoisotopic (exact) mass is 541 g/mol. The number of Topliss-reactive ketones (excluding diaryl/α,β-unsaturated/α-hetero) is 5. The van der Waals surface area contributed by atoms with Gasteiger partial charge < -0.3 is 35.4 Å². The van der Waals surface area contributed by atoms with E-state index in [1.165, 1.54) is 27.7 Å². The van der Waals surface area contributed by atoms with Crippen molar-refractivity contribution in [2.75, 3.05) is 33.0 Å². The fraction of sp³-hybridized carbons (Fsp3) is 0.731. The van der Waals surface area contributed by atoms with Crippen LogP contribution in [0.4, 0.5) is 0 Å². The largest absolute Gasteiger partial charge is 0.378 e. The van der Waals surface area contributed by atoms with Crippen molar-refractivity contribution in [1.29, 1.82) is 0 Å². The second-order valence-electron chi connectivity index (χ2n) is 9.32. The lowest BCUT2D eigenvalue weighted by Gasteiger charge is -2.21. The van der Waals surface area contributed by atoms with Crippen molar-refractivity contribution >= 4 is 40.7 Å². The van der Waals surface area contributed by atoms with Crippen LogP contribution in [0.2, 0.25) is 0 Å². The van der Waals surface area contributed by atoms with E-state index in [9.17, 15) is 33.6 Å². The van der Waals surface area contributed by atoms with Crippen molar-refractivity contribution in [2.24, 2.45) is 11.7 Å². The molecule has 2 amide bonds. The Morgan fingerprint density at radius 1 is 0.684 bits per heavy atom. The zero-order valence-electron chi connectivity index (χ0n) is 23.0. The summed E-state index contributed by atoms with van der Waals surface area (Å²) in [4.78, 5) is 84.4. The third kappa shape index (κ3) is 17.6. The number of ether oxygens (including phenoxy) is 2. The molecule has 0 fully saturated rings. The van der Waals surface area contributed by atoms with Gasteiger partial charge in [0.25, 0.3) is 0 Å². The first-order chi connectivity index (χ1) is 17.9. The highest BCUT2D eigenvalue weighted by molar-refractivity contribution is 5.92. The Hall–Kier alpha value is -2.83. The predicted octanol–water partition coefficient (Wildman–Crippen LogP) is 0.220. The van der Waals surface area contributed by atoms with E-state index in [2.05, 4.69) is 10.6 Å². The van der Waals surface area contributed by atoms with Gasteiger partial charge in [-0.25, -0.2) is 0 Å². The van der Waals surface area contributed by atoms with E-state index in [0.717, 1.165) is 0 Å². The molecule has 0 aromatic carbocycles. The molecule has 0 aromatic rings. The summed E-state index contributed by atoms with van der Waals surface area (Å²) in [6.45, 7) is 6.25. The minimum Gasteiger partial charge on any atom is -0.378 e. The lowest BCUT2D eigenvalue weighted by Crippen LogP contribution is -2.44. The topological polar surface area (TPSA) is 188 Å². The molecule has 0 spiro atoms. The summed E-state index contributed by atoms with van der Waals surface area (Å²) in [6, 6.07) is -1.73. The van der Waals surface area contributed by atoms with Gasteiger partial charge in [-0.1, -0.05) is 0 Å². The highest BCUT2D eigenvalue weighted by Crippen LogP contribution is 2.15. The summed E-state index contributed by atoms with van der Waals surface area (Å²) >= 11 is 0. The van der Waals surface area contributed by atoms with Crippen molar-refractivity contribution in [3.05, 3.63) is 0 Å². The molecule has 216 valence electrons. The van der Waals surface area contributed by atoms with E-state index in [4.69, 9.17) is 15.2 Å². The lowest BCUT2D eigenvalue weighted by molar-refractivity contribution is -0.134. The molecular weight excluding hydrogens is 498 g/mol. The van der Waals surface area contributed by atoms with E-state index >= 15 is 0 Å². The second-order valence-corrected chi connectivity index (χ2v) is 9.32. The van der Waals surface area contributed by atoms with Crippen LogP contribution >= 0.6 is 0 Å². The molecule has 0 saturated heterocycles. The van der Waals surface area contributed by atoms with Crippen molar-refractivity contribution in [1.82, 2.24) is 10.6 Å². The zero-order chi connectivity index (χ0) is 29.1. The molecule has 0 bridgehead atoms. The molecule has 3 unspecified atom stereocenters. The summed E-state index contributed by atoms with van der Waals surface area (Å²) in [5.74, 6) is -3.31. The van der Waals surface area contributed by atoms with Crippen LogP contribution < -0.4 is 16.4 Å². The number of hydrogen-bond acceptors (Lipinski definition) is 10. The predicted molar refractivity (Wildman–Crippen MR) is 138 cm³/mol. The van der Waals surface area contributed by atoms with Gasteiger partial charge in [0, 0.05) is 38.1 Å². The maximum Gasteiger partial charge on any atom is 0.224 e. The highest BCUT2D eigenvalue weighted by atomic mass is 16.5. The third-order valence-corrected chi connectivity index (χ3v) is 5.67. The Balaban J connectivity index is 5.23. The van der Waals surface area contributed by atoms with Gasteiger partial charge in [0.1, 0.15) is 18.2 Å². The quantitative estimate of drug-likeness (QED) is 0.151. The molecule has 12 heteroatoms. The molecule has 3 atom stereocenters. The normalized spacial score (nSPS) is 13.2. The molecule has 0 aliphatic carbocycles. The van der Waals surface area contributed by atoms with Crippen LogP contribution in [0.15, 0.2) is 0 Å². The van der Waals surface area contributed by atoms with Gasteiger partial charge in [-0.3, -0.25) is 24.0 Å². The first-order valence-electron chi connectivity index (χ1n) is 12.8. The Morgan fingerprint density at radius 3 is 1.71 bits per heavy atom. The number of carbonyl (C=O) groups is 7. The van der Waals surface area contributed by atoms with Gasteiger partial charge in [-0.05, 0) is 47.0 Å². The summed E-state index contributed by atoms with van der Waals surface area (Å²) in [6.07, 6.45) is 0.0955. The standard InChI is InChI=1S/C26H43N3O9/c1-17(30)5-8-23(19(3)32)28-25(35)10-7-21(15-22(34)16-38-14-13-37-12-11-27)26(36)29-24(20(4)33)9-6-18(2)31/h21,23-24H,5-16,27H2,1-4H3,(H,28,35)(H,29,36). The van der Waals surface area contributed by atoms with Gasteiger partial charge >= 0.3 is 0 Å². The van der Waals surface area contributed by atoms with Crippen LogP contribution in [0, 0.1) is 5.92 Å². The molecule has 0 aliphatic rings. The number of amides is 2. The fourth-order valence-corrected chi connectivity index (χ4v) is 3.46. The van der Waals surface area contributed by atoms with Crippen LogP contribution in [0.25, 0.3) is 0 Å². The second kappa shape index (κ2) is 20.2. The van der Waals surface area contributed by atoms with Crippen molar-refractivity contribution < 1.29 is 43.0 Å². The van der Waals surface area contributed by atoms with Gasteiger partial charge in [-0.15, -0.1) is 0 Å². The molecule has 0 saturated carbocycles. The molecule has 0 aromatic heterocycles. The van der Waals surface area contributed by atoms with Gasteiger partial charge in [0.05, 0.1) is 31.9 Å². The first-order valence-corrected chi connectivity index (χ1v) is 12.8. The van der Waals surface area contributed by atoms with E-state index in [1.807, 2.05) is 0 Å². The smallest absolute Gasteiger partial charge is 0.224 e. The van der Waals surface area contributed by atoms with E-state index < -0.39 is 29.8 Å². The maximum atomic E-state index is 13.0. The van der Waals surface area contributed by atoms with Crippen molar-refractivity contribution in [3.63, 3.8) is 0 Å². The van der Waals surface area contributed by atoms with Crippen molar-refractivity contribution in [2.45, 2.75) is 84.7 Å². The van der Waals surface area contributed by atoms with Gasteiger partial charge in [0.2, 0.25) is 11.8 Å². The van der Waals surface area contributed by atoms with Crippen molar-refractivity contribution in [3.8, 4) is 0 Å². The average molecular weight is 542 g/mol. The average Bonchev–Trinajstić information content (AvgIpc) is 2.83. The molecule has 38 heavy (non-hydrogen) atoms. The summed E-state index contributed by atoms with van der Waals surface area (Å²) in [7, 11) is 0. The van der Waals surface area contributed by atoms with Gasteiger partial charge in [0.15, 0.2) is 17.3 Å². The Kier molecular flexibility index (Phi) is 18.7. The lowest BCUT2D eigenvalue weighted by atomic mass is 9.94. The van der Waals surface area contributed by atoms with Crippen LogP contribution in [0.5, 0.6) is 0 Å². The molecule has 0 aliphatic heterocycles. The third-order valence-electron chi connectivity index (χ3n) is 5.67. The Bertz CT molecular complexity index is 829. The van der Waals surface area contributed by atoms with Gasteiger partial charge in [-0.2, -0.15) is 0 Å². The van der Waals surface area contributed by atoms with Crippen LogP contribution in [0.1, 0.15) is 72.6 Å². The van der Waals surface area contributed by atoms with Crippen LogP contribution in [0.3, 0.4) is 0 Å². The number of ketones is 5. The van der Waals surface area contributed by atoms with E-state index in [0.29, 0.717) is 13.2 Å². The maximum absolute atomic E-state index is 13.0. The molecule has 12 nitrogen and oxygen atoms in total. The number of rotatable bonds is 23. The first kappa shape index (κ1) is 35.2. The van der Waals surface area contributed by atoms with E-state index in [-0.39, 0.29) is 93.7 Å². The SMILES string of the molecule is CC(=O)CCC(NC(=O)CCC(CC(=O)COCCOCCN)C(=O)NC(CCC(C)=O)C(C)=O)C(C)=O. The Labute approximate surface area is 224 Å². The molecule has 0 radical (unpaired) electrons. The molecule has 0 rings (SSSR count). The summed E-state index contributed by atoms with van der Waals surface area (Å²) in [5, 5.41) is 5.17. The zero-order valence-corrected chi connectivity index (χ0v) is 23.0. The van der Waals surface area contributed by atoms with Crippen LogP contribution in [-0.2, 0) is 43.0 Å². The highest BCUT2D eigenvalue weighted by Gasteiger charge is 2.27. The molecular formula is C26H43N3O9. The summed E-state index contributed by atoms with van der Waals surface area (Å²) < 4.78 is 10.4.